The fraction of sp³-hybridized carbons (Fsp3) is 0.667. The van der Waals surface area contributed by atoms with E-state index >= 15 is 0 Å². The van der Waals surface area contributed by atoms with Crippen LogP contribution in [0.3, 0.4) is 0 Å². The molecule has 0 aromatic carbocycles. The van der Waals surface area contributed by atoms with Crippen molar-refractivity contribution in [3.05, 3.63) is 28.2 Å². The third-order valence-electron chi connectivity index (χ3n) is 2.38. The molecule has 0 N–H and O–H groups in total. The summed E-state index contributed by atoms with van der Waals surface area (Å²) in [6.45, 7) is 6.14. The molecule has 0 spiro atoms. The standard InChI is InChI=1S/C9H12N2O.C3H8/c1-7-5-9(12)11(10-6-7)8-3-2-4-8;1-3-2/h5-6,8H,2-4H2,1H3;3H2,1-2H3. The van der Waals surface area contributed by atoms with E-state index in [0.29, 0.717) is 6.04 Å². The van der Waals surface area contributed by atoms with Crippen LogP contribution in [0.25, 0.3) is 0 Å². The van der Waals surface area contributed by atoms with E-state index in [1.165, 1.54) is 12.8 Å². The molecule has 15 heavy (non-hydrogen) atoms. The maximum absolute atomic E-state index is 11.4. The van der Waals surface area contributed by atoms with Gasteiger partial charge in [0.05, 0.1) is 12.2 Å². The summed E-state index contributed by atoms with van der Waals surface area (Å²) in [7, 11) is 0. The van der Waals surface area contributed by atoms with Crippen LogP contribution in [-0.2, 0) is 0 Å². The normalized spacial score (nSPS) is 15.1. The predicted octanol–water partition coefficient (Wildman–Crippen LogP) is 2.69. The molecule has 84 valence electrons. The first-order chi connectivity index (χ1) is 7.19. The zero-order valence-electron chi connectivity index (χ0n) is 9.86. The van der Waals surface area contributed by atoms with Crippen LogP contribution in [0.4, 0.5) is 0 Å². The number of hydrogen-bond acceptors (Lipinski definition) is 2. The highest BCUT2D eigenvalue weighted by Crippen LogP contribution is 2.29. The van der Waals surface area contributed by atoms with Crippen LogP contribution in [0, 0.1) is 6.92 Å². The maximum atomic E-state index is 11.4. The Kier molecular flexibility index (Phi) is 4.53. The van der Waals surface area contributed by atoms with Gasteiger partial charge in [-0.25, -0.2) is 4.68 Å². The zero-order valence-corrected chi connectivity index (χ0v) is 9.86. The van der Waals surface area contributed by atoms with E-state index in [0.717, 1.165) is 18.4 Å². The maximum Gasteiger partial charge on any atom is 0.267 e. The molecule has 0 atom stereocenters. The molecule has 0 amide bonds. The van der Waals surface area contributed by atoms with E-state index in [-0.39, 0.29) is 5.56 Å². The third-order valence-corrected chi connectivity index (χ3v) is 2.38. The van der Waals surface area contributed by atoms with Gasteiger partial charge >= 0.3 is 0 Å². The van der Waals surface area contributed by atoms with Crippen LogP contribution in [0.5, 0.6) is 0 Å². The lowest BCUT2D eigenvalue weighted by Gasteiger charge is -2.25. The first kappa shape index (κ1) is 12.0. The van der Waals surface area contributed by atoms with E-state index in [2.05, 4.69) is 18.9 Å². The summed E-state index contributed by atoms with van der Waals surface area (Å²) in [6.07, 6.45) is 6.44. The van der Waals surface area contributed by atoms with Crippen molar-refractivity contribution >= 4 is 0 Å². The molecule has 1 aromatic rings. The minimum atomic E-state index is 0.0414. The second kappa shape index (κ2) is 5.69. The van der Waals surface area contributed by atoms with Crippen LogP contribution in [0.1, 0.15) is 51.1 Å². The topological polar surface area (TPSA) is 34.9 Å². The van der Waals surface area contributed by atoms with Gasteiger partial charge < -0.3 is 0 Å². The van der Waals surface area contributed by atoms with Crippen molar-refractivity contribution in [2.45, 2.75) is 52.5 Å². The summed E-state index contributed by atoms with van der Waals surface area (Å²) in [6, 6.07) is 2.02. The predicted molar refractivity (Wildman–Crippen MR) is 62.1 cm³/mol. The number of aromatic nitrogens is 2. The highest BCUT2D eigenvalue weighted by molar-refractivity contribution is 5.03. The highest BCUT2D eigenvalue weighted by atomic mass is 16.1. The number of nitrogens with zero attached hydrogens (tertiary/aromatic N) is 2. The summed E-state index contributed by atoms with van der Waals surface area (Å²) in [5.41, 5.74) is 0.982. The molecule has 1 aliphatic carbocycles. The lowest BCUT2D eigenvalue weighted by atomic mass is 9.93. The Hall–Kier alpha value is -1.12. The Bertz CT molecular complexity index is 353. The van der Waals surface area contributed by atoms with E-state index in [9.17, 15) is 4.79 Å². The van der Waals surface area contributed by atoms with Gasteiger partial charge in [-0.3, -0.25) is 4.79 Å². The fourth-order valence-corrected chi connectivity index (χ4v) is 1.41. The van der Waals surface area contributed by atoms with Crippen LogP contribution in [-0.4, -0.2) is 9.78 Å². The van der Waals surface area contributed by atoms with E-state index in [4.69, 9.17) is 0 Å². The van der Waals surface area contributed by atoms with Crippen LogP contribution in [0.15, 0.2) is 17.1 Å². The molecule has 0 saturated heterocycles. The summed E-state index contributed by atoms with van der Waals surface area (Å²) in [4.78, 5) is 11.4. The van der Waals surface area contributed by atoms with Crippen molar-refractivity contribution in [3.63, 3.8) is 0 Å². The molecule has 1 aliphatic rings. The minimum absolute atomic E-state index is 0.0414. The van der Waals surface area contributed by atoms with Crippen molar-refractivity contribution < 1.29 is 0 Å². The lowest BCUT2D eigenvalue weighted by molar-refractivity contribution is 0.278. The average Bonchev–Trinajstić information content (AvgIpc) is 2.08. The van der Waals surface area contributed by atoms with Crippen molar-refractivity contribution in [1.29, 1.82) is 0 Å². The molecule has 2 rings (SSSR count). The van der Waals surface area contributed by atoms with Gasteiger partial charge in [-0.05, 0) is 31.7 Å². The molecule has 1 fully saturated rings. The zero-order chi connectivity index (χ0) is 11.3. The Morgan fingerprint density at radius 1 is 1.47 bits per heavy atom. The van der Waals surface area contributed by atoms with Gasteiger partial charge in [0.15, 0.2) is 0 Å². The fourth-order valence-electron chi connectivity index (χ4n) is 1.41. The highest BCUT2D eigenvalue weighted by Gasteiger charge is 2.20. The summed E-state index contributed by atoms with van der Waals surface area (Å²) < 4.78 is 1.61. The van der Waals surface area contributed by atoms with Gasteiger partial charge in [-0.2, -0.15) is 5.10 Å². The molecule has 3 nitrogen and oxygen atoms in total. The summed E-state index contributed by atoms with van der Waals surface area (Å²) >= 11 is 0. The van der Waals surface area contributed by atoms with Gasteiger partial charge in [0.2, 0.25) is 0 Å². The Morgan fingerprint density at radius 3 is 2.47 bits per heavy atom. The number of aryl methyl sites for hydroxylation is 1. The Balaban J connectivity index is 0.000000337. The van der Waals surface area contributed by atoms with Crippen molar-refractivity contribution in [3.8, 4) is 0 Å². The van der Waals surface area contributed by atoms with E-state index < -0.39 is 0 Å². The largest absolute Gasteiger partial charge is 0.268 e. The quantitative estimate of drug-likeness (QED) is 0.711. The first-order valence-electron chi connectivity index (χ1n) is 5.74. The molecule has 0 radical (unpaired) electrons. The molecule has 1 saturated carbocycles. The van der Waals surface area contributed by atoms with Crippen molar-refractivity contribution in [2.75, 3.05) is 0 Å². The Labute approximate surface area is 91.1 Å². The van der Waals surface area contributed by atoms with Gasteiger partial charge in [0.25, 0.3) is 5.56 Å². The Morgan fingerprint density at radius 2 is 2.07 bits per heavy atom. The van der Waals surface area contributed by atoms with Crippen molar-refractivity contribution in [1.82, 2.24) is 9.78 Å². The van der Waals surface area contributed by atoms with E-state index in [1.54, 1.807) is 16.9 Å². The van der Waals surface area contributed by atoms with Gasteiger partial charge in [0, 0.05) is 6.07 Å². The van der Waals surface area contributed by atoms with Crippen molar-refractivity contribution in [2.24, 2.45) is 0 Å². The third kappa shape index (κ3) is 3.18. The SMILES string of the molecule is CCC.Cc1cnn(C2CCC2)c(=O)c1. The number of rotatable bonds is 1. The summed E-state index contributed by atoms with van der Waals surface area (Å²) in [5.74, 6) is 0. The molecule has 0 aliphatic heterocycles. The van der Waals surface area contributed by atoms with Crippen LogP contribution < -0.4 is 5.56 Å². The minimum Gasteiger partial charge on any atom is -0.268 e. The van der Waals surface area contributed by atoms with Crippen LogP contribution in [0.2, 0.25) is 0 Å². The molecule has 3 heteroatoms. The van der Waals surface area contributed by atoms with Gasteiger partial charge in [0.1, 0.15) is 0 Å². The summed E-state index contributed by atoms with van der Waals surface area (Å²) in [5, 5.41) is 4.10. The molecule has 0 unspecified atom stereocenters. The van der Waals surface area contributed by atoms with Gasteiger partial charge in [-0.1, -0.05) is 20.3 Å². The second-order valence-electron chi connectivity index (χ2n) is 4.11. The average molecular weight is 208 g/mol. The first-order valence-corrected chi connectivity index (χ1v) is 5.74. The molecular formula is C12H20N2O. The molecule has 0 bridgehead atoms. The van der Waals surface area contributed by atoms with Gasteiger partial charge in [-0.15, -0.1) is 0 Å². The lowest BCUT2D eigenvalue weighted by Crippen LogP contribution is -2.30. The molecule has 1 heterocycles. The monoisotopic (exact) mass is 208 g/mol. The smallest absolute Gasteiger partial charge is 0.267 e. The second-order valence-corrected chi connectivity index (χ2v) is 4.11. The van der Waals surface area contributed by atoms with Crippen LogP contribution >= 0.6 is 0 Å². The molecular weight excluding hydrogens is 188 g/mol. The van der Waals surface area contributed by atoms with E-state index in [1.807, 2.05) is 6.92 Å². The molecule has 1 aromatic heterocycles. The number of hydrogen-bond donors (Lipinski definition) is 0.